The van der Waals surface area contributed by atoms with Gasteiger partial charge in [0, 0.05) is 18.9 Å². The fraction of sp³-hybridized carbons (Fsp3) is 0.286. The van der Waals surface area contributed by atoms with Gasteiger partial charge in [0.05, 0.1) is 12.6 Å². The van der Waals surface area contributed by atoms with Crippen LogP contribution in [0.2, 0.25) is 0 Å². The Morgan fingerprint density at radius 1 is 1.35 bits per heavy atom. The second-order valence-electron chi connectivity index (χ2n) is 4.25. The summed E-state index contributed by atoms with van der Waals surface area (Å²) >= 11 is 0. The van der Waals surface area contributed by atoms with Gasteiger partial charge in [0.2, 0.25) is 0 Å². The van der Waals surface area contributed by atoms with Gasteiger partial charge < -0.3 is 20.5 Å². The van der Waals surface area contributed by atoms with Gasteiger partial charge in [-0.1, -0.05) is 12.1 Å². The van der Waals surface area contributed by atoms with Gasteiger partial charge in [-0.25, -0.2) is 9.59 Å². The van der Waals surface area contributed by atoms with Crippen molar-refractivity contribution in [2.45, 2.75) is 13.0 Å². The lowest BCUT2D eigenvalue weighted by Crippen LogP contribution is -2.38. The molecule has 1 rings (SSSR count). The van der Waals surface area contributed by atoms with Crippen molar-refractivity contribution in [3.63, 3.8) is 0 Å². The van der Waals surface area contributed by atoms with Gasteiger partial charge in [-0.05, 0) is 30.7 Å². The first kappa shape index (κ1) is 15.7. The van der Waals surface area contributed by atoms with Crippen LogP contribution in [-0.2, 0) is 9.53 Å². The lowest BCUT2D eigenvalue weighted by molar-refractivity contribution is -0.131. The molecule has 6 nitrogen and oxygen atoms in total. The molecule has 1 atom stereocenters. The molecule has 1 unspecified atom stereocenters. The molecule has 0 aliphatic carbocycles. The van der Waals surface area contributed by atoms with Crippen LogP contribution >= 0.6 is 0 Å². The Morgan fingerprint density at radius 3 is 2.55 bits per heavy atom. The fourth-order valence-corrected chi connectivity index (χ4v) is 1.53. The van der Waals surface area contributed by atoms with Crippen molar-refractivity contribution in [3.8, 4) is 0 Å². The van der Waals surface area contributed by atoms with E-state index in [1.807, 2.05) is 6.92 Å². The molecule has 1 aromatic rings. The van der Waals surface area contributed by atoms with Crippen molar-refractivity contribution in [3.05, 3.63) is 35.9 Å². The van der Waals surface area contributed by atoms with Gasteiger partial charge in [-0.2, -0.15) is 0 Å². The van der Waals surface area contributed by atoms with E-state index in [1.54, 1.807) is 31.4 Å². The molecule has 1 aromatic carbocycles. The Bertz CT molecular complexity index is 482. The molecular formula is C14H18N2O4. The Morgan fingerprint density at radius 2 is 2.00 bits per heavy atom. The van der Waals surface area contributed by atoms with Gasteiger partial charge >= 0.3 is 12.0 Å². The third-order valence-electron chi connectivity index (χ3n) is 2.38. The molecule has 0 saturated heterocycles. The van der Waals surface area contributed by atoms with Crippen LogP contribution in [0.1, 0.15) is 12.5 Å². The number of rotatable bonds is 6. The number of anilines is 1. The van der Waals surface area contributed by atoms with Crippen molar-refractivity contribution < 1.29 is 19.4 Å². The molecule has 0 aromatic heterocycles. The summed E-state index contributed by atoms with van der Waals surface area (Å²) in [6.45, 7) is 2.27. The second kappa shape index (κ2) is 7.96. The van der Waals surface area contributed by atoms with Crippen LogP contribution in [0.3, 0.4) is 0 Å². The Balaban J connectivity index is 2.52. The van der Waals surface area contributed by atoms with Gasteiger partial charge in [0.15, 0.2) is 0 Å². The van der Waals surface area contributed by atoms with Crippen molar-refractivity contribution in [1.82, 2.24) is 5.32 Å². The Hall–Kier alpha value is -2.34. The fourth-order valence-electron chi connectivity index (χ4n) is 1.53. The van der Waals surface area contributed by atoms with Crippen molar-refractivity contribution in [2.75, 3.05) is 19.0 Å². The van der Waals surface area contributed by atoms with E-state index in [1.165, 1.54) is 6.08 Å². The summed E-state index contributed by atoms with van der Waals surface area (Å²) in [5.41, 5.74) is 1.37. The lowest BCUT2D eigenvalue weighted by atomic mass is 10.2. The van der Waals surface area contributed by atoms with E-state index in [-0.39, 0.29) is 12.1 Å². The summed E-state index contributed by atoms with van der Waals surface area (Å²) < 4.78 is 4.92. The first-order chi connectivity index (χ1) is 9.51. The van der Waals surface area contributed by atoms with Gasteiger partial charge in [-0.15, -0.1) is 0 Å². The third kappa shape index (κ3) is 6.01. The highest BCUT2D eigenvalue weighted by Gasteiger charge is 2.06. The van der Waals surface area contributed by atoms with Gasteiger partial charge in [0.25, 0.3) is 0 Å². The maximum atomic E-state index is 11.6. The first-order valence-corrected chi connectivity index (χ1v) is 6.09. The number of urea groups is 1. The van der Waals surface area contributed by atoms with Crippen LogP contribution < -0.4 is 10.6 Å². The maximum absolute atomic E-state index is 11.6. The number of hydrogen-bond acceptors (Lipinski definition) is 3. The number of carbonyl (C=O) groups excluding carboxylic acids is 1. The number of carboxylic acids is 1. The summed E-state index contributed by atoms with van der Waals surface area (Å²) in [6.07, 6.45) is 2.54. The molecule has 6 heteroatoms. The molecule has 20 heavy (non-hydrogen) atoms. The van der Waals surface area contributed by atoms with Crippen molar-refractivity contribution in [2.24, 2.45) is 0 Å². The zero-order valence-electron chi connectivity index (χ0n) is 11.4. The van der Waals surface area contributed by atoms with E-state index in [2.05, 4.69) is 10.6 Å². The van der Waals surface area contributed by atoms with E-state index in [9.17, 15) is 9.59 Å². The van der Waals surface area contributed by atoms with E-state index < -0.39 is 5.97 Å². The molecule has 0 aliphatic heterocycles. The average molecular weight is 278 g/mol. The van der Waals surface area contributed by atoms with Crippen LogP contribution in [0.15, 0.2) is 30.3 Å². The minimum atomic E-state index is -1.00. The first-order valence-electron chi connectivity index (χ1n) is 6.09. The number of carboxylic acid groups (broad SMARTS) is 1. The number of ether oxygens (including phenoxy) is 1. The number of methoxy groups -OCH3 is 1. The second-order valence-corrected chi connectivity index (χ2v) is 4.25. The van der Waals surface area contributed by atoms with Crippen LogP contribution in [0.4, 0.5) is 10.5 Å². The molecular weight excluding hydrogens is 260 g/mol. The highest BCUT2D eigenvalue weighted by molar-refractivity contribution is 5.89. The van der Waals surface area contributed by atoms with Crippen LogP contribution in [0.5, 0.6) is 0 Å². The molecule has 0 saturated carbocycles. The van der Waals surface area contributed by atoms with Gasteiger partial charge in [0.1, 0.15) is 0 Å². The number of hydrogen-bond donors (Lipinski definition) is 3. The largest absolute Gasteiger partial charge is 0.478 e. The van der Waals surface area contributed by atoms with Crippen LogP contribution in [-0.4, -0.2) is 36.9 Å². The smallest absolute Gasteiger partial charge is 0.328 e. The number of nitrogens with one attached hydrogen (secondary N) is 2. The van der Waals surface area contributed by atoms with E-state index in [4.69, 9.17) is 9.84 Å². The normalized spacial score (nSPS) is 12.1. The minimum Gasteiger partial charge on any atom is -0.478 e. The quantitative estimate of drug-likeness (QED) is 0.694. The Kier molecular flexibility index (Phi) is 6.25. The summed E-state index contributed by atoms with van der Waals surface area (Å²) in [7, 11) is 1.57. The monoisotopic (exact) mass is 278 g/mol. The zero-order chi connectivity index (χ0) is 15.0. The molecule has 0 aliphatic rings. The summed E-state index contributed by atoms with van der Waals surface area (Å²) in [5, 5.41) is 13.9. The summed E-state index contributed by atoms with van der Waals surface area (Å²) in [6, 6.07) is 6.42. The van der Waals surface area contributed by atoms with Crippen molar-refractivity contribution in [1.29, 1.82) is 0 Å². The molecule has 0 spiro atoms. The zero-order valence-corrected chi connectivity index (χ0v) is 11.4. The maximum Gasteiger partial charge on any atom is 0.328 e. The number of carbonyl (C=O) groups is 2. The predicted molar refractivity (Wildman–Crippen MR) is 76.6 cm³/mol. The summed E-state index contributed by atoms with van der Waals surface area (Å²) in [5.74, 6) is -1.00. The summed E-state index contributed by atoms with van der Waals surface area (Å²) in [4.78, 5) is 22.0. The van der Waals surface area contributed by atoms with Crippen LogP contribution in [0, 0.1) is 0 Å². The number of aliphatic carboxylic acids is 1. The van der Waals surface area contributed by atoms with Crippen LogP contribution in [0.25, 0.3) is 6.08 Å². The Labute approximate surface area is 117 Å². The molecule has 3 N–H and O–H groups in total. The lowest BCUT2D eigenvalue weighted by Gasteiger charge is -2.13. The highest BCUT2D eigenvalue weighted by atomic mass is 16.5. The molecule has 2 amide bonds. The molecule has 0 radical (unpaired) electrons. The third-order valence-corrected chi connectivity index (χ3v) is 2.38. The number of benzene rings is 1. The van der Waals surface area contributed by atoms with E-state index >= 15 is 0 Å². The SMILES string of the molecule is COCC(C)NC(=O)Nc1ccc(C=CC(=O)O)cc1. The minimum absolute atomic E-state index is 0.0854. The van der Waals surface area contributed by atoms with Gasteiger partial charge in [-0.3, -0.25) is 0 Å². The number of amides is 2. The molecule has 0 bridgehead atoms. The van der Waals surface area contributed by atoms with Crippen molar-refractivity contribution >= 4 is 23.8 Å². The standard InChI is InChI=1S/C14H18N2O4/c1-10(9-20-2)15-14(19)16-12-6-3-11(4-7-12)5-8-13(17)18/h3-8,10H,9H2,1-2H3,(H,17,18)(H2,15,16,19). The average Bonchev–Trinajstić information content (AvgIpc) is 2.37. The van der Waals surface area contributed by atoms with E-state index in [0.29, 0.717) is 12.3 Å². The predicted octanol–water partition coefficient (Wildman–Crippen LogP) is 1.94. The molecule has 0 heterocycles. The highest BCUT2D eigenvalue weighted by Crippen LogP contribution is 2.10. The molecule has 108 valence electrons. The topological polar surface area (TPSA) is 87.7 Å². The molecule has 0 fully saturated rings. The van der Waals surface area contributed by atoms with E-state index in [0.717, 1.165) is 11.6 Å².